The van der Waals surface area contributed by atoms with Crippen molar-refractivity contribution in [1.82, 2.24) is 9.88 Å². The molecule has 0 bridgehead atoms. The molecule has 0 saturated heterocycles. The number of nitrogens with zero attached hydrogens (tertiary/aromatic N) is 1. The van der Waals surface area contributed by atoms with Crippen LogP contribution in [0.25, 0.3) is 10.9 Å². The van der Waals surface area contributed by atoms with Gasteiger partial charge in [-0.2, -0.15) is 0 Å². The first-order chi connectivity index (χ1) is 13.7. The Bertz CT molecular complexity index is 952. The van der Waals surface area contributed by atoms with Gasteiger partial charge in [-0.05, 0) is 61.3 Å². The van der Waals surface area contributed by atoms with Crippen LogP contribution in [-0.2, 0) is 19.4 Å². The number of fused-ring (bicyclic) bond motifs is 1. The van der Waals surface area contributed by atoms with Gasteiger partial charge in [0.2, 0.25) is 0 Å². The summed E-state index contributed by atoms with van der Waals surface area (Å²) in [5.74, 6) is 0.707. The van der Waals surface area contributed by atoms with E-state index in [1.165, 1.54) is 51.5 Å². The fraction of sp³-hybridized carbons (Fsp3) is 0.360. The molecule has 3 aromatic rings. The van der Waals surface area contributed by atoms with E-state index < -0.39 is 0 Å². The van der Waals surface area contributed by atoms with Gasteiger partial charge in [-0.25, -0.2) is 0 Å². The summed E-state index contributed by atoms with van der Waals surface area (Å²) in [5, 5.41) is 4.96. The molecule has 1 aromatic heterocycles. The number of nitrogens with one attached hydrogen (secondary N) is 1. The minimum Gasteiger partial charge on any atom is -0.388 e. The highest BCUT2D eigenvalue weighted by atomic mass is 79.9. The van der Waals surface area contributed by atoms with E-state index in [0.717, 1.165) is 32.4 Å². The van der Waals surface area contributed by atoms with Crippen LogP contribution >= 0.6 is 15.9 Å². The molecule has 0 amide bonds. The minimum absolute atomic E-state index is 0.707. The van der Waals surface area contributed by atoms with Gasteiger partial charge in [0.05, 0.1) is 0 Å². The number of para-hydroxylation sites is 1. The Labute approximate surface area is 176 Å². The fourth-order valence-electron chi connectivity index (χ4n) is 4.11. The highest BCUT2D eigenvalue weighted by molar-refractivity contribution is 9.10. The zero-order valence-electron chi connectivity index (χ0n) is 16.5. The predicted octanol–water partition coefficient (Wildman–Crippen LogP) is 6.48. The SMILES string of the molecule is C=C(NCCc1cn(CCCc2ccccc2Br)c2ccccc12)C1CCC1. The van der Waals surface area contributed by atoms with Crippen molar-refractivity contribution in [2.45, 2.75) is 45.1 Å². The molecule has 1 fully saturated rings. The van der Waals surface area contributed by atoms with Crippen LogP contribution in [0, 0.1) is 5.92 Å². The molecule has 28 heavy (non-hydrogen) atoms. The second-order valence-electron chi connectivity index (χ2n) is 7.89. The number of hydrogen-bond acceptors (Lipinski definition) is 1. The first-order valence-electron chi connectivity index (χ1n) is 10.4. The molecule has 2 aromatic carbocycles. The van der Waals surface area contributed by atoms with E-state index in [0.29, 0.717) is 5.92 Å². The Morgan fingerprint density at radius 3 is 2.61 bits per heavy atom. The van der Waals surface area contributed by atoms with Gasteiger partial charge in [0, 0.05) is 40.4 Å². The van der Waals surface area contributed by atoms with Gasteiger partial charge >= 0.3 is 0 Å². The standard InChI is InChI=1S/C25H29BrN2/c1-19(20-9-6-10-20)27-16-15-22-18-28(25-14-5-3-12-23(22)25)17-7-11-21-8-2-4-13-24(21)26/h2-5,8,12-14,18,20,27H,1,6-7,9-11,15-17H2. The molecule has 146 valence electrons. The third kappa shape index (κ3) is 4.35. The Balaban J connectivity index is 1.39. The molecule has 0 spiro atoms. The van der Waals surface area contributed by atoms with Crippen LogP contribution in [0.2, 0.25) is 0 Å². The van der Waals surface area contributed by atoms with Gasteiger partial charge in [0.25, 0.3) is 0 Å². The summed E-state index contributed by atoms with van der Waals surface area (Å²) in [5.41, 5.74) is 5.41. The van der Waals surface area contributed by atoms with E-state index >= 15 is 0 Å². The van der Waals surface area contributed by atoms with Crippen molar-refractivity contribution in [1.29, 1.82) is 0 Å². The third-order valence-corrected chi connectivity index (χ3v) is 6.79. The molecule has 0 unspecified atom stereocenters. The second kappa shape index (κ2) is 9.00. The summed E-state index contributed by atoms with van der Waals surface area (Å²) >= 11 is 3.67. The lowest BCUT2D eigenvalue weighted by Gasteiger charge is -2.28. The average Bonchev–Trinajstić information content (AvgIpc) is 3.00. The molecular formula is C25H29BrN2. The van der Waals surface area contributed by atoms with E-state index in [1.54, 1.807) is 0 Å². The molecule has 0 atom stereocenters. The highest BCUT2D eigenvalue weighted by Crippen LogP contribution is 2.31. The first-order valence-corrected chi connectivity index (χ1v) is 11.2. The van der Waals surface area contributed by atoms with Gasteiger partial charge in [-0.1, -0.05) is 65.3 Å². The first kappa shape index (κ1) is 19.3. The van der Waals surface area contributed by atoms with Crippen molar-refractivity contribution in [3.63, 3.8) is 0 Å². The minimum atomic E-state index is 0.707. The number of rotatable bonds is 9. The number of hydrogen-bond donors (Lipinski definition) is 1. The topological polar surface area (TPSA) is 17.0 Å². The van der Waals surface area contributed by atoms with Crippen molar-refractivity contribution < 1.29 is 0 Å². The molecule has 1 aliphatic carbocycles. The highest BCUT2D eigenvalue weighted by Gasteiger charge is 2.20. The van der Waals surface area contributed by atoms with Gasteiger partial charge in [-0.3, -0.25) is 0 Å². The lowest BCUT2D eigenvalue weighted by Crippen LogP contribution is -2.25. The van der Waals surface area contributed by atoms with E-state index in [2.05, 4.69) is 87.1 Å². The van der Waals surface area contributed by atoms with Gasteiger partial charge < -0.3 is 9.88 Å². The molecule has 2 nitrogen and oxygen atoms in total. The molecule has 3 heteroatoms. The van der Waals surface area contributed by atoms with Crippen molar-refractivity contribution >= 4 is 26.8 Å². The Hall–Kier alpha value is -2.00. The summed E-state index contributed by atoms with van der Waals surface area (Å²) in [6.07, 6.45) is 9.61. The van der Waals surface area contributed by atoms with Gasteiger partial charge in [-0.15, -0.1) is 0 Å². The number of aryl methyl sites for hydroxylation is 2. The summed E-state index contributed by atoms with van der Waals surface area (Å²) < 4.78 is 3.65. The van der Waals surface area contributed by atoms with Gasteiger partial charge in [0.1, 0.15) is 0 Å². The zero-order valence-corrected chi connectivity index (χ0v) is 18.0. The Morgan fingerprint density at radius 1 is 1.04 bits per heavy atom. The van der Waals surface area contributed by atoms with Crippen molar-refractivity contribution in [2.75, 3.05) is 6.54 Å². The quantitative estimate of drug-likeness (QED) is 0.405. The largest absolute Gasteiger partial charge is 0.388 e. The lowest BCUT2D eigenvalue weighted by atomic mass is 9.83. The maximum Gasteiger partial charge on any atom is 0.0483 e. The van der Waals surface area contributed by atoms with E-state index in [1.807, 2.05) is 0 Å². The number of allylic oxidation sites excluding steroid dienone is 1. The third-order valence-electron chi connectivity index (χ3n) is 6.02. The van der Waals surface area contributed by atoms with Crippen LogP contribution in [0.1, 0.15) is 36.8 Å². The molecule has 1 saturated carbocycles. The molecule has 1 heterocycles. The van der Waals surface area contributed by atoms with Crippen molar-refractivity contribution in [2.24, 2.45) is 5.92 Å². The molecule has 1 N–H and O–H groups in total. The van der Waals surface area contributed by atoms with Crippen LogP contribution in [0.15, 0.2) is 71.5 Å². The number of benzene rings is 2. The maximum atomic E-state index is 4.23. The van der Waals surface area contributed by atoms with E-state index in [9.17, 15) is 0 Å². The summed E-state index contributed by atoms with van der Waals surface area (Å²) in [4.78, 5) is 0. The average molecular weight is 437 g/mol. The summed E-state index contributed by atoms with van der Waals surface area (Å²) in [6.45, 7) is 6.25. The van der Waals surface area contributed by atoms with Crippen LogP contribution in [0.4, 0.5) is 0 Å². The molecule has 0 aliphatic heterocycles. The van der Waals surface area contributed by atoms with E-state index in [-0.39, 0.29) is 0 Å². The fourth-order valence-corrected chi connectivity index (χ4v) is 4.59. The van der Waals surface area contributed by atoms with Crippen molar-refractivity contribution in [3.05, 3.63) is 82.6 Å². The van der Waals surface area contributed by atoms with Crippen molar-refractivity contribution in [3.8, 4) is 0 Å². The van der Waals surface area contributed by atoms with E-state index in [4.69, 9.17) is 0 Å². The van der Waals surface area contributed by atoms with Crippen LogP contribution in [-0.4, -0.2) is 11.1 Å². The molecule has 4 rings (SSSR count). The van der Waals surface area contributed by atoms with Crippen LogP contribution in [0.5, 0.6) is 0 Å². The zero-order chi connectivity index (χ0) is 19.3. The number of halogens is 1. The number of aromatic nitrogens is 1. The second-order valence-corrected chi connectivity index (χ2v) is 8.74. The Kier molecular flexibility index (Phi) is 6.21. The van der Waals surface area contributed by atoms with Crippen LogP contribution < -0.4 is 5.32 Å². The summed E-state index contributed by atoms with van der Waals surface area (Å²) in [7, 11) is 0. The van der Waals surface area contributed by atoms with Crippen LogP contribution in [0.3, 0.4) is 0 Å². The monoisotopic (exact) mass is 436 g/mol. The van der Waals surface area contributed by atoms with Gasteiger partial charge in [0.15, 0.2) is 0 Å². The smallest absolute Gasteiger partial charge is 0.0483 e. The normalized spacial score (nSPS) is 14.2. The lowest BCUT2D eigenvalue weighted by molar-refractivity contribution is 0.351. The maximum absolute atomic E-state index is 4.23. The molecular weight excluding hydrogens is 408 g/mol. The summed E-state index contributed by atoms with van der Waals surface area (Å²) in [6, 6.07) is 17.3. The predicted molar refractivity (Wildman–Crippen MR) is 123 cm³/mol. The Morgan fingerprint density at radius 2 is 1.82 bits per heavy atom. The molecule has 1 aliphatic rings. The molecule has 0 radical (unpaired) electrons.